The average Bonchev–Trinajstić information content (AvgIpc) is 3.72. The molecule has 5 aromatic heterocycles. The first-order valence-electron chi connectivity index (χ1n) is 13.3. The average molecular weight is 549 g/mol. The molecule has 12 heteroatoms. The highest BCUT2D eigenvalue weighted by Crippen LogP contribution is 2.33. The highest BCUT2D eigenvalue weighted by atomic mass is 28.3. The first kappa shape index (κ1) is 25.6. The number of aromatic nitrogens is 7. The minimum atomic E-state index is -1.14. The van der Waals surface area contributed by atoms with Gasteiger partial charge in [-0.1, -0.05) is 19.6 Å². The standard InChI is InChI=1S/C27H33FN8O2Si/c1-39(2,3)12-11-37-18-35-10-7-21-24(30-17-31-25(21)35)20-14-32-36(16-20)23(13-28)19-6-9-34(15-19)27-33-22-5-4-8-29-26(22)38-27/h4-5,7-8,10,14,16-17,19,23H,6,9,11-13,15,18H2,1-3H3/t19-,23?/m0/s1. The Morgan fingerprint density at radius 1 is 1.21 bits per heavy atom. The molecule has 1 aliphatic rings. The first-order valence-corrected chi connectivity index (χ1v) is 17.0. The molecular weight excluding hydrogens is 515 g/mol. The number of ether oxygens (including phenoxy) is 1. The first-order chi connectivity index (χ1) is 18.9. The van der Waals surface area contributed by atoms with Crippen LogP contribution in [0.4, 0.5) is 10.4 Å². The van der Waals surface area contributed by atoms with Gasteiger partial charge in [-0.3, -0.25) is 4.68 Å². The number of nitrogens with zero attached hydrogens (tertiary/aromatic N) is 8. The van der Waals surface area contributed by atoms with Crippen LogP contribution in [-0.2, 0) is 11.5 Å². The molecule has 0 spiro atoms. The van der Waals surface area contributed by atoms with Gasteiger partial charge in [0.25, 0.3) is 6.01 Å². The van der Waals surface area contributed by atoms with E-state index in [0.717, 1.165) is 53.4 Å². The van der Waals surface area contributed by atoms with Crippen molar-refractivity contribution < 1.29 is 13.5 Å². The van der Waals surface area contributed by atoms with Crippen LogP contribution in [0.1, 0.15) is 12.5 Å². The van der Waals surface area contributed by atoms with Gasteiger partial charge in [0.1, 0.15) is 30.9 Å². The molecule has 5 aromatic rings. The Hall–Kier alpha value is -3.64. The van der Waals surface area contributed by atoms with E-state index >= 15 is 0 Å². The molecule has 1 saturated heterocycles. The third-order valence-electron chi connectivity index (χ3n) is 7.35. The molecule has 6 heterocycles. The number of alkyl halides is 1. The van der Waals surface area contributed by atoms with Crippen molar-refractivity contribution in [2.24, 2.45) is 5.92 Å². The Kier molecular flexibility index (Phi) is 6.89. The molecule has 0 bridgehead atoms. The fourth-order valence-electron chi connectivity index (χ4n) is 5.10. The number of fused-ring (bicyclic) bond motifs is 2. The number of hydrogen-bond acceptors (Lipinski definition) is 8. The van der Waals surface area contributed by atoms with E-state index in [9.17, 15) is 4.39 Å². The van der Waals surface area contributed by atoms with Crippen LogP contribution in [0.15, 0.2) is 53.7 Å². The maximum Gasteiger partial charge on any atom is 0.299 e. The molecule has 0 radical (unpaired) electrons. The molecule has 1 aliphatic heterocycles. The van der Waals surface area contributed by atoms with E-state index in [0.29, 0.717) is 25.0 Å². The molecule has 2 atom stereocenters. The van der Waals surface area contributed by atoms with Crippen molar-refractivity contribution in [1.82, 2.24) is 34.3 Å². The highest BCUT2D eigenvalue weighted by molar-refractivity contribution is 6.76. The minimum Gasteiger partial charge on any atom is -0.404 e. The van der Waals surface area contributed by atoms with Crippen LogP contribution in [0.2, 0.25) is 25.7 Å². The van der Waals surface area contributed by atoms with Gasteiger partial charge in [-0.05, 0) is 30.7 Å². The highest BCUT2D eigenvalue weighted by Gasteiger charge is 2.33. The van der Waals surface area contributed by atoms with Gasteiger partial charge in [0.2, 0.25) is 5.71 Å². The van der Waals surface area contributed by atoms with Crippen molar-refractivity contribution in [3.05, 3.63) is 49.3 Å². The van der Waals surface area contributed by atoms with E-state index in [1.54, 1.807) is 23.4 Å². The zero-order valence-electron chi connectivity index (χ0n) is 22.5. The third kappa shape index (κ3) is 5.30. The molecule has 1 unspecified atom stereocenters. The fourth-order valence-corrected chi connectivity index (χ4v) is 5.86. The molecule has 39 heavy (non-hydrogen) atoms. The normalized spacial score (nSPS) is 17.0. The quantitative estimate of drug-likeness (QED) is 0.174. The summed E-state index contributed by atoms with van der Waals surface area (Å²) in [5.74, 6) is 0.0607. The fraction of sp³-hybridized carbons (Fsp3) is 0.444. The summed E-state index contributed by atoms with van der Waals surface area (Å²) in [6.45, 7) is 9.07. The largest absolute Gasteiger partial charge is 0.404 e. The predicted molar refractivity (Wildman–Crippen MR) is 150 cm³/mol. The van der Waals surface area contributed by atoms with Crippen LogP contribution in [0.25, 0.3) is 33.5 Å². The van der Waals surface area contributed by atoms with Crippen molar-refractivity contribution >= 4 is 36.4 Å². The molecule has 1 fully saturated rings. The summed E-state index contributed by atoms with van der Waals surface area (Å²) >= 11 is 0. The summed E-state index contributed by atoms with van der Waals surface area (Å²) in [6, 6.07) is 6.96. The molecule has 0 aliphatic carbocycles. The SMILES string of the molecule is C[Si](C)(C)CCOCn1ccc2c(-c3cnn(C(CF)[C@H]4CCN(c5nc6cccnc6o5)C4)c3)ncnc21. The van der Waals surface area contributed by atoms with E-state index in [4.69, 9.17) is 9.15 Å². The molecule has 0 aromatic carbocycles. The molecule has 0 amide bonds. The van der Waals surface area contributed by atoms with Crippen molar-refractivity contribution in [3.8, 4) is 11.3 Å². The van der Waals surface area contributed by atoms with Gasteiger partial charge in [0.05, 0.1) is 17.9 Å². The lowest BCUT2D eigenvalue weighted by atomic mass is 10.0. The van der Waals surface area contributed by atoms with Crippen LogP contribution in [0.3, 0.4) is 0 Å². The molecule has 0 saturated carbocycles. The second-order valence-electron chi connectivity index (χ2n) is 11.3. The van der Waals surface area contributed by atoms with Crippen LogP contribution in [-0.4, -0.2) is 68.7 Å². The monoisotopic (exact) mass is 548 g/mol. The van der Waals surface area contributed by atoms with E-state index < -0.39 is 20.8 Å². The summed E-state index contributed by atoms with van der Waals surface area (Å²) in [7, 11) is -1.14. The Bertz CT molecular complexity index is 1540. The Balaban J connectivity index is 1.17. The van der Waals surface area contributed by atoms with Gasteiger partial charge in [-0.15, -0.1) is 0 Å². The summed E-state index contributed by atoms with van der Waals surface area (Å²) in [5, 5.41) is 5.48. The predicted octanol–water partition coefficient (Wildman–Crippen LogP) is 5.18. The molecule has 10 nitrogen and oxygen atoms in total. The number of anilines is 1. The van der Waals surface area contributed by atoms with Crippen LogP contribution >= 0.6 is 0 Å². The van der Waals surface area contributed by atoms with E-state index in [1.165, 1.54) is 0 Å². The van der Waals surface area contributed by atoms with Gasteiger partial charge < -0.3 is 18.6 Å². The smallest absolute Gasteiger partial charge is 0.299 e. The van der Waals surface area contributed by atoms with Crippen LogP contribution in [0.5, 0.6) is 0 Å². The van der Waals surface area contributed by atoms with Crippen LogP contribution in [0, 0.1) is 5.92 Å². The number of hydrogen-bond donors (Lipinski definition) is 0. The summed E-state index contributed by atoms with van der Waals surface area (Å²) in [4.78, 5) is 19.9. The maximum absolute atomic E-state index is 14.4. The molecule has 0 N–H and O–H groups in total. The van der Waals surface area contributed by atoms with Crippen molar-refractivity contribution in [2.75, 3.05) is 31.3 Å². The van der Waals surface area contributed by atoms with Crippen molar-refractivity contribution in [3.63, 3.8) is 0 Å². The van der Waals surface area contributed by atoms with Gasteiger partial charge in [0.15, 0.2) is 0 Å². The van der Waals surface area contributed by atoms with Gasteiger partial charge in [0, 0.05) is 63.2 Å². The maximum atomic E-state index is 14.4. The van der Waals surface area contributed by atoms with Gasteiger partial charge in [-0.2, -0.15) is 10.1 Å². The zero-order valence-corrected chi connectivity index (χ0v) is 23.5. The summed E-state index contributed by atoms with van der Waals surface area (Å²) in [5.41, 5.74) is 3.65. The van der Waals surface area contributed by atoms with E-state index in [-0.39, 0.29) is 5.92 Å². The molecular formula is C27H33FN8O2Si. The van der Waals surface area contributed by atoms with E-state index in [2.05, 4.69) is 49.6 Å². The third-order valence-corrected chi connectivity index (χ3v) is 9.05. The van der Waals surface area contributed by atoms with Crippen molar-refractivity contribution in [2.45, 2.75) is 44.9 Å². The second kappa shape index (κ2) is 10.5. The lowest BCUT2D eigenvalue weighted by Gasteiger charge is -2.21. The van der Waals surface area contributed by atoms with Gasteiger partial charge >= 0.3 is 0 Å². The van der Waals surface area contributed by atoms with Crippen LogP contribution < -0.4 is 4.90 Å². The lowest BCUT2D eigenvalue weighted by Crippen LogP contribution is -2.26. The topological polar surface area (TPSA) is 99.9 Å². The number of halogens is 1. The zero-order chi connectivity index (χ0) is 27.0. The molecule has 6 rings (SSSR count). The number of pyridine rings is 1. The van der Waals surface area contributed by atoms with Crippen molar-refractivity contribution in [1.29, 1.82) is 0 Å². The summed E-state index contributed by atoms with van der Waals surface area (Å²) in [6.07, 6.45) is 9.67. The second-order valence-corrected chi connectivity index (χ2v) is 17.0. The summed E-state index contributed by atoms with van der Waals surface area (Å²) < 4.78 is 29.9. The number of oxazole rings is 1. The Labute approximate surface area is 226 Å². The lowest BCUT2D eigenvalue weighted by molar-refractivity contribution is 0.0899. The minimum absolute atomic E-state index is 0.0607. The Morgan fingerprint density at radius 2 is 2.10 bits per heavy atom. The van der Waals surface area contributed by atoms with E-state index in [1.807, 2.05) is 35.2 Å². The molecule has 204 valence electrons. The number of rotatable bonds is 10. The van der Waals surface area contributed by atoms with Gasteiger partial charge in [-0.25, -0.2) is 19.3 Å². The Morgan fingerprint density at radius 3 is 2.92 bits per heavy atom.